The van der Waals surface area contributed by atoms with E-state index in [0.717, 1.165) is 0 Å². The maximum absolute atomic E-state index is 5.71. The maximum Gasteiger partial charge on any atom is 0.163 e. The third-order valence-corrected chi connectivity index (χ3v) is 2.31. The number of benzene rings is 1. The lowest BCUT2D eigenvalue weighted by atomic mass is 10.3. The number of anilines is 1. The summed E-state index contributed by atoms with van der Waals surface area (Å²) in [5.41, 5.74) is 6.36. The number of ether oxygens (including phenoxy) is 4. The molecule has 5 nitrogen and oxygen atoms in total. The van der Waals surface area contributed by atoms with Gasteiger partial charge in [0, 0.05) is 11.8 Å². The van der Waals surface area contributed by atoms with Crippen LogP contribution in [0.15, 0.2) is 18.2 Å². The van der Waals surface area contributed by atoms with E-state index in [-0.39, 0.29) is 0 Å². The molecular formula is C12H17NO4. The van der Waals surface area contributed by atoms with Gasteiger partial charge in [0.2, 0.25) is 0 Å². The molecule has 0 aromatic heterocycles. The van der Waals surface area contributed by atoms with Crippen LogP contribution in [0, 0.1) is 0 Å². The lowest BCUT2D eigenvalue weighted by Gasteiger charge is -2.15. The Morgan fingerprint density at radius 1 is 0.765 bits per heavy atom. The van der Waals surface area contributed by atoms with Crippen molar-refractivity contribution in [1.82, 2.24) is 0 Å². The van der Waals surface area contributed by atoms with E-state index in [9.17, 15) is 0 Å². The van der Waals surface area contributed by atoms with E-state index in [1.807, 2.05) is 0 Å². The Kier molecular flexibility index (Phi) is 4.46. The first-order valence-electron chi connectivity index (χ1n) is 5.67. The smallest absolute Gasteiger partial charge is 0.163 e. The number of nitrogens with two attached hydrogens (primary N) is 1. The molecule has 1 aromatic carbocycles. The van der Waals surface area contributed by atoms with Crippen LogP contribution in [-0.4, -0.2) is 39.6 Å². The molecule has 0 bridgehead atoms. The lowest BCUT2D eigenvalue weighted by molar-refractivity contribution is 0.0223. The van der Waals surface area contributed by atoms with Crippen molar-refractivity contribution >= 4 is 5.69 Å². The van der Waals surface area contributed by atoms with Crippen LogP contribution >= 0.6 is 0 Å². The van der Waals surface area contributed by atoms with Crippen LogP contribution in [-0.2, 0) is 9.47 Å². The minimum Gasteiger partial charge on any atom is -0.487 e. The van der Waals surface area contributed by atoms with E-state index in [0.29, 0.717) is 56.8 Å². The molecule has 0 saturated carbocycles. The van der Waals surface area contributed by atoms with Crippen molar-refractivity contribution in [1.29, 1.82) is 0 Å². The Labute approximate surface area is 100 Å². The Morgan fingerprint density at radius 2 is 1.35 bits per heavy atom. The SMILES string of the molecule is Nc1ccc2c(c1)OCCOCCOCCO2. The Morgan fingerprint density at radius 3 is 2.06 bits per heavy atom. The molecule has 1 aliphatic heterocycles. The largest absolute Gasteiger partial charge is 0.487 e. The summed E-state index contributed by atoms with van der Waals surface area (Å²) >= 11 is 0. The second-order valence-corrected chi connectivity index (χ2v) is 3.63. The maximum atomic E-state index is 5.71. The normalized spacial score (nSPS) is 17.9. The van der Waals surface area contributed by atoms with Crippen LogP contribution in [0.3, 0.4) is 0 Å². The molecule has 0 radical (unpaired) electrons. The summed E-state index contributed by atoms with van der Waals surface area (Å²) in [6, 6.07) is 5.34. The monoisotopic (exact) mass is 239 g/mol. The predicted octanol–water partition coefficient (Wildman–Crippen LogP) is 1.07. The third kappa shape index (κ3) is 3.80. The van der Waals surface area contributed by atoms with Crippen LogP contribution < -0.4 is 15.2 Å². The van der Waals surface area contributed by atoms with E-state index in [4.69, 9.17) is 24.7 Å². The molecule has 1 heterocycles. The highest BCUT2D eigenvalue weighted by molar-refractivity contribution is 5.51. The predicted molar refractivity (Wildman–Crippen MR) is 63.5 cm³/mol. The van der Waals surface area contributed by atoms with Gasteiger partial charge >= 0.3 is 0 Å². The van der Waals surface area contributed by atoms with Gasteiger partial charge in [-0.2, -0.15) is 0 Å². The molecule has 0 amide bonds. The first-order chi connectivity index (χ1) is 8.36. The van der Waals surface area contributed by atoms with Crippen molar-refractivity contribution in [2.24, 2.45) is 0 Å². The minimum atomic E-state index is 0.472. The molecule has 2 rings (SSSR count). The van der Waals surface area contributed by atoms with Gasteiger partial charge in [-0.15, -0.1) is 0 Å². The summed E-state index contributed by atoms with van der Waals surface area (Å²) in [4.78, 5) is 0. The molecule has 2 N–H and O–H groups in total. The molecule has 17 heavy (non-hydrogen) atoms. The summed E-state index contributed by atoms with van der Waals surface area (Å²) < 4.78 is 21.8. The van der Waals surface area contributed by atoms with Crippen LogP contribution in [0.4, 0.5) is 5.69 Å². The van der Waals surface area contributed by atoms with Crippen molar-refractivity contribution in [2.75, 3.05) is 45.4 Å². The zero-order valence-corrected chi connectivity index (χ0v) is 9.69. The molecule has 0 fully saturated rings. The topological polar surface area (TPSA) is 62.9 Å². The van der Waals surface area contributed by atoms with E-state index in [1.165, 1.54) is 0 Å². The second kappa shape index (κ2) is 6.32. The van der Waals surface area contributed by atoms with Gasteiger partial charge in [0.05, 0.1) is 26.4 Å². The average molecular weight is 239 g/mol. The summed E-state index contributed by atoms with van der Waals surface area (Å²) in [7, 11) is 0. The Hall–Kier alpha value is -1.46. The van der Waals surface area contributed by atoms with Gasteiger partial charge in [-0.3, -0.25) is 0 Å². The minimum absolute atomic E-state index is 0.472. The van der Waals surface area contributed by atoms with E-state index in [2.05, 4.69) is 0 Å². The molecule has 0 spiro atoms. The average Bonchev–Trinajstić information content (AvgIpc) is 2.31. The first kappa shape index (κ1) is 12.0. The molecule has 5 heteroatoms. The molecule has 0 aliphatic carbocycles. The van der Waals surface area contributed by atoms with Gasteiger partial charge in [0.15, 0.2) is 11.5 Å². The van der Waals surface area contributed by atoms with Crippen molar-refractivity contribution < 1.29 is 18.9 Å². The lowest BCUT2D eigenvalue weighted by Crippen LogP contribution is -2.15. The number of rotatable bonds is 0. The zero-order valence-electron chi connectivity index (χ0n) is 9.69. The fraction of sp³-hybridized carbons (Fsp3) is 0.500. The zero-order chi connectivity index (χ0) is 11.9. The molecular weight excluding hydrogens is 222 g/mol. The summed E-state index contributed by atoms with van der Waals surface area (Å²) in [6.45, 7) is 3.18. The van der Waals surface area contributed by atoms with Crippen molar-refractivity contribution in [3.05, 3.63) is 18.2 Å². The van der Waals surface area contributed by atoms with Gasteiger partial charge in [-0.1, -0.05) is 0 Å². The fourth-order valence-corrected chi connectivity index (χ4v) is 1.50. The summed E-state index contributed by atoms with van der Waals surface area (Å²) in [6.07, 6.45) is 0. The van der Waals surface area contributed by atoms with Gasteiger partial charge in [0.25, 0.3) is 0 Å². The van der Waals surface area contributed by atoms with E-state index in [1.54, 1.807) is 18.2 Å². The Balaban J connectivity index is 2.05. The Bertz CT molecular complexity index is 356. The molecule has 0 saturated heterocycles. The molecule has 0 unspecified atom stereocenters. The van der Waals surface area contributed by atoms with Gasteiger partial charge in [0.1, 0.15) is 13.2 Å². The third-order valence-electron chi connectivity index (χ3n) is 2.31. The highest BCUT2D eigenvalue weighted by Gasteiger charge is 2.07. The second-order valence-electron chi connectivity index (χ2n) is 3.63. The number of fused-ring (bicyclic) bond motifs is 1. The quantitative estimate of drug-likeness (QED) is 0.686. The van der Waals surface area contributed by atoms with E-state index >= 15 is 0 Å². The van der Waals surface area contributed by atoms with Crippen LogP contribution in [0.1, 0.15) is 0 Å². The number of hydrogen-bond acceptors (Lipinski definition) is 5. The first-order valence-corrected chi connectivity index (χ1v) is 5.67. The van der Waals surface area contributed by atoms with Gasteiger partial charge in [-0.05, 0) is 12.1 Å². The van der Waals surface area contributed by atoms with E-state index < -0.39 is 0 Å². The molecule has 94 valence electrons. The number of nitrogen functional groups attached to an aromatic ring is 1. The van der Waals surface area contributed by atoms with Crippen molar-refractivity contribution in [3.63, 3.8) is 0 Å². The van der Waals surface area contributed by atoms with Gasteiger partial charge < -0.3 is 24.7 Å². The van der Waals surface area contributed by atoms with Crippen LogP contribution in [0.25, 0.3) is 0 Å². The molecule has 1 aliphatic rings. The van der Waals surface area contributed by atoms with Crippen LogP contribution in [0.2, 0.25) is 0 Å². The van der Waals surface area contributed by atoms with Crippen molar-refractivity contribution in [3.8, 4) is 11.5 Å². The summed E-state index contributed by atoms with van der Waals surface area (Å²) in [5.74, 6) is 1.33. The highest BCUT2D eigenvalue weighted by atomic mass is 16.6. The number of hydrogen-bond donors (Lipinski definition) is 1. The highest BCUT2D eigenvalue weighted by Crippen LogP contribution is 2.29. The van der Waals surface area contributed by atoms with Gasteiger partial charge in [-0.25, -0.2) is 0 Å². The molecule has 1 aromatic rings. The molecule has 0 atom stereocenters. The standard InChI is InChI=1S/C12H17NO4/c13-10-1-2-11-12(9-10)17-8-6-15-4-3-14-5-7-16-11/h1-2,9H,3-8,13H2. The summed E-state index contributed by atoms with van der Waals surface area (Å²) in [5, 5.41) is 0. The van der Waals surface area contributed by atoms with Crippen molar-refractivity contribution in [2.45, 2.75) is 0 Å². The fourth-order valence-electron chi connectivity index (χ4n) is 1.50. The van der Waals surface area contributed by atoms with Crippen LogP contribution in [0.5, 0.6) is 11.5 Å².